The van der Waals surface area contributed by atoms with E-state index in [1.165, 1.54) is 33.6 Å². The Kier molecular flexibility index (Phi) is 11.7. The molecular weight excluding hydrogens is 791 g/mol. The smallest absolute Gasteiger partial charge is 0.268 e. The van der Waals surface area contributed by atoms with Crippen LogP contribution in [0.3, 0.4) is 0 Å². The lowest BCUT2D eigenvalue weighted by Crippen LogP contribution is -2.23. The van der Waals surface area contributed by atoms with Crippen LogP contribution in [0.1, 0.15) is 48.4 Å². The van der Waals surface area contributed by atoms with Crippen LogP contribution in [-0.2, 0) is 0 Å². The van der Waals surface area contributed by atoms with E-state index >= 15 is 0 Å². The SMILES string of the molecule is [C-]#[N+]c1c(N)ncnc1N[C@@H](C)c1cc2ccc(F)c(C)n2c(=O)c1-c1ccccc1.[C-]#[N+]c1c(N)ncnc1N[C@H](C)c1cc2ccc(F)c(C)n2c(=O)c1-c1ccccc1. The predicted octanol–water partition coefficient (Wildman–Crippen LogP) is 9.02. The number of rotatable bonds is 8. The highest BCUT2D eigenvalue weighted by Gasteiger charge is 2.23. The predicted molar refractivity (Wildman–Crippen MR) is 237 cm³/mol. The summed E-state index contributed by atoms with van der Waals surface area (Å²) in [6.07, 6.45) is 2.55. The summed E-state index contributed by atoms with van der Waals surface area (Å²) in [5.74, 6) is -0.189. The van der Waals surface area contributed by atoms with E-state index in [1.807, 2.05) is 86.6 Å². The Balaban J connectivity index is 0.000000186. The van der Waals surface area contributed by atoms with E-state index in [9.17, 15) is 18.4 Å². The van der Waals surface area contributed by atoms with E-state index < -0.39 is 23.7 Å². The van der Waals surface area contributed by atoms with Crippen molar-refractivity contribution in [2.24, 2.45) is 0 Å². The number of nitrogen functional groups attached to an aromatic ring is 2. The minimum absolute atomic E-state index is 0.0765. The van der Waals surface area contributed by atoms with E-state index in [4.69, 9.17) is 24.6 Å². The minimum Gasteiger partial charge on any atom is -0.392 e. The molecule has 2 aromatic carbocycles. The number of nitrogens with two attached hydrogens (primary N) is 2. The van der Waals surface area contributed by atoms with Gasteiger partial charge in [-0.15, -0.1) is 0 Å². The highest BCUT2D eigenvalue weighted by atomic mass is 19.1. The molecular formula is C46H38F2N12O2. The monoisotopic (exact) mass is 828 g/mol. The third-order valence-corrected chi connectivity index (χ3v) is 10.4. The number of nitrogens with one attached hydrogen (secondary N) is 2. The maximum absolute atomic E-state index is 14.2. The summed E-state index contributed by atoms with van der Waals surface area (Å²) in [6.45, 7) is 21.6. The van der Waals surface area contributed by atoms with Crippen molar-refractivity contribution in [2.45, 2.75) is 39.8 Å². The number of aryl methyl sites for hydroxylation is 2. The zero-order valence-electron chi connectivity index (χ0n) is 33.9. The van der Waals surface area contributed by atoms with Crippen LogP contribution in [-0.4, -0.2) is 28.7 Å². The fourth-order valence-corrected chi connectivity index (χ4v) is 7.26. The summed E-state index contributed by atoms with van der Waals surface area (Å²) in [6, 6.07) is 27.1. The first-order chi connectivity index (χ1) is 29.8. The molecule has 0 saturated heterocycles. The second-order valence-corrected chi connectivity index (χ2v) is 14.2. The molecule has 0 spiro atoms. The van der Waals surface area contributed by atoms with E-state index in [1.54, 1.807) is 26.0 Å². The van der Waals surface area contributed by atoms with Crippen molar-refractivity contribution in [3.05, 3.63) is 187 Å². The van der Waals surface area contributed by atoms with Crippen LogP contribution in [0.15, 0.2) is 119 Å². The molecule has 6 heterocycles. The van der Waals surface area contributed by atoms with Crippen molar-refractivity contribution >= 4 is 45.7 Å². The summed E-state index contributed by atoms with van der Waals surface area (Å²) in [7, 11) is 0. The minimum atomic E-state index is -0.453. The molecule has 6 N–H and O–H groups in total. The van der Waals surface area contributed by atoms with Crippen molar-refractivity contribution in [3.8, 4) is 22.3 Å². The number of pyridine rings is 4. The van der Waals surface area contributed by atoms with Crippen molar-refractivity contribution in [1.29, 1.82) is 0 Å². The Bertz CT molecular complexity index is 3000. The molecule has 0 saturated carbocycles. The number of hydrogen-bond donors (Lipinski definition) is 4. The molecule has 0 radical (unpaired) electrons. The number of aromatic nitrogens is 6. The van der Waals surface area contributed by atoms with Crippen LogP contribution in [0.5, 0.6) is 0 Å². The Morgan fingerprint density at radius 2 is 0.968 bits per heavy atom. The highest BCUT2D eigenvalue weighted by Crippen LogP contribution is 2.35. The van der Waals surface area contributed by atoms with E-state index in [0.717, 1.165) is 0 Å². The Labute approximate surface area is 353 Å². The lowest BCUT2D eigenvalue weighted by molar-refractivity contribution is 0.604. The van der Waals surface area contributed by atoms with Crippen LogP contribution < -0.4 is 33.2 Å². The molecule has 0 aliphatic rings. The molecule has 2 atom stereocenters. The van der Waals surface area contributed by atoms with Gasteiger partial charge in [0.05, 0.1) is 35.7 Å². The maximum Gasteiger partial charge on any atom is 0.268 e. The number of hydrogen-bond acceptors (Lipinski definition) is 10. The van der Waals surface area contributed by atoms with Crippen LogP contribution in [0.4, 0.5) is 43.4 Å². The van der Waals surface area contributed by atoms with Gasteiger partial charge in [0.1, 0.15) is 47.6 Å². The normalized spacial score (nSPS) is 11.8. The fraction of sp³-hybridized carbons (Fsp3) is 0.130. The van der Waals surface area contributed by atoms with Gasteiger partial charge < -0.3 is 22.1 Å². The zero-order valence-corrected chi connectivity index (χ0v) is 33.9. The van der Waals surface area contributed by atoms with Crippen LogP contribution >= 0.6 is 0 Å². The standard InChI is InChI=1S/2C23H19FN6O/c2*1-13(29-22-20(26-3)21(25)27-12-28-22)17-11-16-9-10-18(24)14(2)30(16)23(31)19(17)15-7-5-4-6-8-15/h2*4-13H,1-2H3,(H3,25,27,28,29)/t2*13-/m10/s1. The molecule has 16 heteroatoms. The van der Waals surface area contributed by atoms with Crippen molar-refractivity contribution in [1.82, 2.24) is 28.7 Å². The van der Waals surface area contributed by atoms with E-state index in [0.29, 0.717) is 44.4 Å². The Morgan fingerprint density at radius 3 is 1.32 bits per heavy atom. The largest absolute Gasteiger partial charge is 0.392 e. The molecule has 62 heavy (non-hydrogen) atoms. The molecule has 0 unspecified atom stereocenters. The first kappa shape index (κ1) is 41.7. The molecule has 0 aliphatic carbocycles. The number of nitrogens with zero attached hydrogens (tertiary/aromatic N) is 8. The van der Waals surface area contributed by atoms with Gasteiger partial charge >= 0.3 is 0 Å². The van der Waals surface area contributed by atoms with Gasteiger partial charge in [0.15, 0.2) is 0 Å². The van der Waals surface area contributed by atoms with Gasteiger partial charge in [-0.3, -0.25) is 18.4 Å². The molecule has 8 aromatic rings. The average Bonchev–Trinajstić information content (AvgIpc) is 3.27. The first-order valence-electron chi connectivity index (χ1n) is 19.1. The highest BCUT2D eigenvalue weighted by molar-refractivity contribution is 5.79. The van der Waals surface area contributed by atoms with E-state index in [-0.39, 0.29) is 57.2 Å². The van der Waals surface area contributed by atoms with Crippen molar-refractivity contribution in [3.63, 3.8) is 0 Å². The number of halogens is 2. The van der Waals surface area contributed by atoms with Crippen molar-refractivity contribution in [2.75, 3.05) is 22.1 Å². The molecule has 0 amide bonds. The average molecular weight is 829 g/mol. The molecule has 308 valence electrons. The number of anilines is 4. The molecule has 0 fully saturated rings. The molecule has 8 rings (SSSR count). The van der Waals surface area contributed by atoms with Gasteiger partial charge in [-0.05, 0) is 86.3 Å². The van der Waals surface area contributed by atoms with Gasteiger partial charge in [-0.2, -0.15) is 0 Å². The summed E-state index contributed by atoms with van der Waals surface area (Å²) in [4.78, 5) is 49.9. The molecule has 14 nitrogen and oxygen atoms in total. The van der Waals surface area contributed by atoms with Gasteiger partial charge in [0.2, 0.25) is 0 Å². The third kappa shape index (κ3) is 7.83. The quantitative estimate of drug-likeness (QED) is 0.108. The molecule has 6 aromatic heterocycles. The second kappa shape index (κ2) is 17.4. The van der Waals surface area contributed by atoms with Crippen LogP contribution in [0.2, 0.25) is 0 Å². The lowest BCUT2D eigenvalue weighted by Gasteiger charge is -2.21. The first-order valence-corrected chi connectivity index (χ1v) is 19.1. The van der Waals surface area contributed by atoms with Crippen LogP contribution in [0.25, 0.3) is 43.0 Å². The molecule has 0 aliphatic heterocycles. The number of fused-ring (bicyclic) bond motifs is 2. The van der Waals surface area contributed by atoms with Crippen LogP contribution in [0, 0.1) is 38.6 Å². The lowest BCUT2D eigenvalue weighted by atomic mass is 9.96. The van der Waals surface area contributed by atoms with Gasteiger partial charge in [0, 0.05) is 23.1 Å². The Morgan fingerprint density at radius 1 is 0.597 bits per heavy atom. The third-order valence-electron chi connectivity index (χ3n) is 10.4. The number of benzene rings is 2. The van der Waals surface area contributed by atoms with Gasteiger partial charge in [-0.25, -0.2) is 38.4 Å². The fourth-order valence-electron chi connectivity index (χ4n) is 7.26. The maximum atomic E-state index is 14.2. The zero-order chi connectivity index (χ0) is 44.2. The second-order valence-electron chi connectivity index (χ2n) is 14.2. The van der Waals surface area contributed by atoms with Gasteiger partial charge in [-0.1, -0.05) is 60.7 Å². The summed E-state index contributed by atoms with van der Waals surface area (Å²) >= 11 is 0. The topological polar surface area (TPSA) is 179 Å². The summed E-state index contributed by atoms with van der Waals surface area (Å²) in [5, 5.41) is 6.36. The van der Waals surface area contributed by atoms with E-state index in [2.05, 4.69) is 40.3 Å². The van der Waals surface area contributed by atoms with Crippen molar-refractivity contribution < 1.29 is 8.78 Å². The van der Waals surface area contributed by atoms with Gasteiger partial charge in [0.25, 0.3) is 22.5 Å². The summed E-state index contributed by atoms with van der Waals surface area (Å²) in [5.41, 5.74) is 16.5. The Hall–Kier alpha value is -8.50. The molecule has 0 bridgehead atoms. The summed E-state index contributed by atoms with van der Waals surface area (Å²) < 4.78 is 31.2.